The number of anilines is 1. The van der Waals surface area contributed by atoms with Crippen molar-refractivity contribution in [3.63, 3.8) is 0 Å². The van der Waals surface area contributed by atoms with Crippen LogP contribution in [-0.2, 0) is 16.6 Å². The number of carbonyl (C=O) groups is 1. The highest BCUT2D eigenvalue weighted by molar-refractivity contribution is 7.89. The molecular weight excluding hydrogens is 420 g/mol. The van der Waals surface area contributed by atoms with Gasteiger partial charge in [0.2, 0.25) is 10.0 Å². The molecule has 0 unspecified atom stereocenters. The summed E-state index contributed by atoms with van der Waals surface area (Å²) in [5, 5.41) is 3.01. The largest absolute Gasteiger partial charge is 0.328 e. The van der Waals surface area contributed by atoms with Gasteiger partial charge in [-0.2, -0.15) is 4.31 Å². The van der Waals surface area contributed by atoms with E-state index in [0.717, 1.165) is 17.4 Å². The normalized spacial score (nSPS) is 14.7. The fourth-order valence-corrected chi connectivity index (χ4v) is 5.19. The minimum atomic E-state index is -3.52. The van der Waals surface area contributed by atoms with Crippen molar-refractivity contribution in [3.05, 3.63) is 68.9 Å². The smallest absolute Gasteiger partial charge is 0.322 e. The Labute approximate surface area is 178 Å². The van der Waals surface area contributed by atoms with E-state index >= 15 is 0 Å². The van der Waals surface area contributed by atoms with Crippen molar-refractivity contribution in [1.82, 2.24) is 13.9 Å². The van der Waals surface area contributed by atoms with Gasteiger partial charge in [-0.1, -0.05) is 0 Å². The number of sulfonamides is 1. The first kappa shape index (κ1) is 21.0. The molecule has 9 nitrogen and oxygen atoms in total. The van der Waals surface area contributed by atoms with Gasteiger partial charge >= 0.3 is 5.69 Å². The van der Waals surface area contributed by atoms with Gasteiger partial charge in [-0.15, -0.1) is 0 Å². The van der Waals surface area contributed by atoms with Gasteiger partial charge in [0, 0.05) is 30.9 Å². The fraction of sp³-hybridized carbons (Fsp3) is 0.286. The summed E-state index contributed by atoms with van der Waals surface area (Å²) in [4.78, 5) is 39.8. The summed E-state index contributed by atoms with van der Waals surface area (Å²) < 4.78 is 27.7. The number of aromatic amines is 1. The molecule has 0 radical (unpaired) electrons. The van der Waals surface area contributed by atoms with Crippen molar-refractivity contribution >= 4 is 32.5 Å². The number of H-pyrrole nitrogens is 1. The van der Waals surface area contributed by atoms with Crippen LogP contribution in [0.1, 0.15) is 30.1 Å². The zero-order valence-electron chi connectivity index (χ0n) is 16.9. The summed E-state index contributed by atoms with van der Waals surface area (Å²) in [5.41, 5.74) is 0.0145. The summed E-state index contributed by atoms with van der Waals surface area (Å²) in [6, 6.07) is 10.4. The molecule has 0 aliphatic carbocycles. The second-order valence-corrected chi connectivity index (χ2v) is 9.27. The van der Waals surface area contributed by atoms with Gasteiger partial charge in [-0.25, -0.2) is 13.2 Å². The third kappa shape index (κ3) is 3.91. The number of nitrogens with zero attached hydrogens (tertiary/aromatic N) is 2. The molecule has 1 amide bonds. The Hall–Kier alpha value is -3.24. The van der Waals surface area contributed by atoms with Crippen LogP contribution >= 0.6 is 0 Å². The number of hydrogen-bond donors (Lipinski definition) is 2. The molecule has 4 rings (SSSR count). The third-order valence-electron chi connectivity index (χ3n) is 5.38. The minimum absolute atomic E-state index is 0.183. The Balaban J connectivity index is 1.56. The fourth-order valence-electron chi connectivity index (χ4n) is 3.67. The molecule has 0 saturated carbocycles. The molecule has 2 N–H and O–H groups in total. The lowest BCUT2D eigenvalue weighted by atomic mass is 10.1. The Morgan fingerprint density at radius 3 is 2.39 bits per heavy atom. The second-order valence-electron chi connectivity index (χ2n) is 7.33. The number of aromatic nitrogens is 2. The number of hydrogen-bond acceptors (Lipinski definition) is 5. The molecule has 1 fully saturated rings. The zero-order valence-corrected chi connectivity index (χ0v) is 17.7. The molecule has 1 saturated heterocycles. The Morgan fingerprint density at radius 1 is 1.06 bits per heavy atom. The first-order valence-electron chi connectivity index (χ1n) is 9.99. The number of fused-ring (bicyclic) bond motifs is 1. The van der Waals surface area contributed by atoms with Gasteiger partial charge in [0.05, 0.1) is 15.8 Å². The molecule has 162 valence electrons. The average molecular weight is 442 g/mol. The highest BCUT2D eigenvalue weighted by atomic mass is 32.2. The van der Waals surface area contributed by atoms with Crippen molar-refractivity contribution < 1.29 is 13.2 Å². The Bertz CT molecular complexity index is 1370. The lowest BCUT2D eigenvalue weighted by Crippen LogP contribution is -2.34. The highest BCUT2D eigenvalue weighted by Crippen LogP contribution is 2.22. The van der Waals surface area contributed by atoms with Gasteiger partial charge in [0.25, 0.3) is 11.5 Å². The molecule has 0 bridgehead atoms. The van der Waals surface area contributed by atoms with Gasteiger partial charge < -0.3 is 10.3 Å². The topological polar surface area (TPSA) is 121 Å². The van der Waals surface area contributed by atoms with Crippen LogP contribution in [0.25, 0.3) is 10.9 Å². The molecule has 1 aromatic heterocycles. The van der Waals surface area contributed by atoms with Crippen LogP contribution in [-0.4, -0.2) is 41.3 Å². The van der Waals surface area contributed by atoms with Crippen LogP contribution in [0.15, 0.2) is 56.9 Å². The van der Waals surface area contributed by atoms with E-state index in [0.29, 0.717) is 24.2 Å². The van der Waals surface area contributed by atoms with Crippen LogP contribution in [0.5, 0.6) is 0 Å². The number of benzene rings is 2. The van der Waals surface area contributed by atoms with Gasteiger partial charge in [-0.3, -0.25) is 14.2 Å². The molecule has 0 spiro atoms. The zero-order chi connectivity index (χ0) is 22.2. The number of nitrogens with one attached hydrogen (secondary N) is 2. The van der Waals surface area contributed by atoms with Crippen LogP contribution < -0.4 is 16.6 Å². The first-order chi connectivity index (χ1) is 14.8. The monoisotopic (exact) mass is 442 g/mol. The molecule has 1 aliphatic rings. The molecule has 1 aliphatic heterocycles. The van der Waals surface area contributed by atoms with E-state index < -0.39 is 27.2 Å². The molecular formula is C21H22N4O5S. The predicted octanol–water partition coefficient (Wildman–Crippen LogP) is 1.75. The summed E-state index contributed by atoms with van der Waals surface area (Å²) in [5.74, 6) is -0.447. The average Bonchev–Trinajstić information content (AvgIpc) is 3.30. The van der Waals surface area contributed by atoms with E-state index in [-0.39, 0.29) is 22.5 Å². The number of carbonyl (C=O) groups excluding carboxylic acids is 1. The van der Waals surface area contributed by atoms with Crippen molar-refractivity contribution in [2.45, 2.75) is 31.2 Å². The van der Waals surface area contributed by atoms with Crippen LogP contribution in [0, 0.1) is 0 Å². The maximum absolute atomic E-state index is 12.6. The van der Waals surface area contributed by atoms with Gasteiger partial charge in [0.1, 0.15) is 0 Å². The first-order valence-corrected chi connectivity index (χ1v) is 11.4. The van der Waals surface area contributed by atoms with Crippen LogP contribution in [0.2, 0.25) is 0 Å². The Kier molecular flexibility index (Phi) is 5.50. The number of rotatable bonds is 5. The van der Waals surface area contributed by atoms with E-state index in [2.05, 4.69) is 10.3 Å². The second kappa shape index (κ2) is 8.12. The molecule has 0 atom stereocenters. The Morgan fingerprint density at radius 2 is 1.74 bits per heavy atom. The molecule has 31 heavy (non-hydrogen) atoms. The van der Waals surface area contributed by atoms with Crippen molar-refractivity contribution in [3.8, 4) is 0 Å². The summed E-state index contributed by atoms with van der Waals surface area (Å²) in [7, 11) is -3.52. The summed E-state index contributed by atoms with van der Waals surface area (Å²) in [6.07, 6.45) is 1.72. The lowest BCUT2D eigenvalue weighted by Gasteiger charge is -2.15. The lowest BCUT2D eigenvalue weighted by molar-refractivity contribution is 0.102. The van der Waals surface area contributed by atoms with E-state index in [1.165, 1.54) is 46.8 Å². The van der Waals surface area contributed by atoms with E-state index in [1.54, 1.807) is 6.92 Å². The minimum Gasteiger partial charge on any atom is -0.322 e. The summed E-state index contributed by atoms with van der Waals surface area (Å²) in [6.45, 7) is 2.99. The molecule has 10 heteroatoms. The van der Waals surface area contributed by atoms with Crippen molar-refractivity contribution in [1.29, 1.82) is 0 Å². The quantitative estimate of drug-likeness (QED) is 0.623. The van der Waals surface area contributed by atoms with Crippen LogP contribution in [0.4, 0.5) is 5.69 Å². The molecule has 2 aromatic carbocycles. The van der Waals surface area contributed by atoms with E-state index in [9.17, 15) is 22.8 Å². The summed E-state index contributed by atoms with van der Waals surface area (Å²) >= 11 is 0. The molecule has 3 aromatic rings. The number of amides is 1. The van der Waals surface area contributed by atoms with E-state index in [1.807, 2.05) is 0 Å². The maximum Gasteiger partial charge on any atom is 0.328 e. The van der Waals surface area contributed by atoms with Gasteiger partial charge in [0.15, 0.2) is 0 Å². The molecule has 2 heterocycles. The highest BCUT2D eigenvalue weighted by Gasteiger charge is 2.27. The van der Waals surface area contributed by atoms with Crippen molar-refractivity contribution in [2.24, 2.45) is 0 Å². The van der Waals surface area contributed by atoms with E-state index in [4.69, 9.17) is 0 Å². The standard InChI is InChI=1S/C21H22N4O5S/c1-2-25-20(27)17-10-5-14(13-18(17)23-21(25)28)19(26)22-15-6-8-16(9-7-15)31(29,30)24-11-3-4-12-24/h5-10,13H,2-4,11-12H2,1H3,(H,22,26)(H,23,28). The third-order valence-corrected chi connectivity index (χ3v) is 7.29. The van der Waals surface area contributed by atoms with Crippen molar-refractivity contribution in [2.75, 3.05) is 18.4 Å². The van der Waals surface area contributed by atoms with Gasteiger partial charge in [-0.05, 0) is 62.2 Å². The maximum atomic E-state index is 12.6. The predicted molar refractivity (Wildman–Crippen MR) is 117 cm³/mol. The SMILES string of the molecule is CCn1c(=O)[nH]c2cc(C(=O)Nc3ccc(S(=O)(=O)N4CCCC4)cc3)ccc2c1=O. The van der Waals surface area contributed by atoms with Crippen LogP contribution in [0.3, 0.4) is 0 Å².